The van der Waals surface area contributed by atoms with Crippen molar-refractivity contribution in [3.63, 3.8) is 0 Å². The first-order valence-electron chi connectivity index (χ1n) is 5.27. The van der Waals surface area contributed by atoms with E-state index in [0.717, 1.165) is 11.3 Å². The first-order chi connectivity index (χ1) is 7.75. The van der Waals surface area contributed by atoms with Gasteiger partial charge in [0.15, 0.2) is 0 Å². The molecule has 0 saturated heterocycles. The highest BCUT2D eigenvalue weighted by Crippen LogP contribution is 2.10. The second-order valence-corrected chi connectivity index (χ2v) is 3.90. The van der Waals surface area contributed by atoms with Crippen LogP contribution < -0.4 is 5.32 Å². The number of hydrogen-bond acceptors (Lipinski definition) is 4. The molecule has 0 fully saturated rings. The lowest BCUT2D eigenvalue weighted by molar-refractivity contribution is 0.532. The molecule has 0 aliphatic carbocycles. The van der Waals surface area contributed by atoms with Crippen LogP contribution in [0, 0.1) is 0 Å². The van der Waals surface area contributed by atoms with Crippen molar-refractivity contribution in [1.29, 1.82) is 0 Å². The summed E-state index contributed by atoms with van der Waals surface area (Å²) in [5, 5.41) is 7.52. The zero-order valence-corrected chi connectivity index (χ0v) is 9.46. The molecule has 0 radical (unpaired) electrons. The minimum absolute atomic E-state index is 0.385. The molecule has 16 heavy (non-hydrogen) atoms. The molecule has 2 rings (SSSR count). The normalized spacial score (nSPS) is 10.7. The third kappa shape index (κ3) is 2.56. The van der Waals surface area contributed by atoms with Crippen LogP contribution >= 0.6 is 0 Å². The summed E-state index contributed by atoms with van der Waals surface area (Å²) in [6.45, 7) is 4.91. The van der Waals surface area contributed by atoms with E-state index in [1.807, 2.05) is 17.1 Å². The van der Waals surface area contributed by atoms with Crippen molar-refractivity contribution in [1.82, 2.24) is 19.7 Å². The van der Waals surface area contributed by atoms with Crippen molar-refractivity contribution < 1.29 is 0 Å². The van der Waals surface area contributed by atoms with Crippen molar-refractivity contribution in [2.45, 2.75) is 26.4 Å². The van der Waals surface area contributed by atoms with Crippen LogP contribution in [0.25, 0.3) is 0 Å². The molecule has 0 amide bonds. The van der Waals surface area contributed by atoms with Gasteiger partial charge in [0.1, 0.15) is 6.33 Å². The highest BCUT2D eigenvalue weighted by atomic mass is 15.3. The second kappa shape index (κ2) is 4.74. The molecule has 0 aliphatic heterocycles. The van der Waals surface area contributed by atoms with Gasteiger partial charge in [0.2, 0.25) is 0 Å². The average molecular weight is 217 g/mol. The maximum Gasteiger partial charge on any atom is 0.115 e. The standard InChI is InChI=1S/C11H15N5/c1-9(2)16-7-11(6-15-16)14-5-10-3-12-8-13-4-10/h3-4,6-9,14H,5H2,1-2H3. The Hall–Kier alpha value is -1.91. The van der Waals surface area contributed by atoms with Crippen molar-refractivity contribution >= 4 is 5.69 Å². The van der Waals surface area contributed by atoms with E-state index in [1.54, 1.807) is 12.4 Å². The molecule has 5 heteroatoms. The molecule has 0 aliphatic rings. The third-order valence-electron chi connectivity index (χ3n) is 2.24. The highest BCUT2D eigenvalue weighted by Gasteiger charge is 2.01. The number of aromatic nitrogens is 4. The average Bonchev–Trinajstić information content (AvgIpc) is 2.76. The van der Waals surface area contributed by atoms with Gasteiger partial charge in [-0.05, 0) is 13.8 Å². The number of nitrogens with zero attached hydrogens (tertiary/aromatic N) is 4. The Morgan fingerprint density at radius 2 is 2.00 bits per heavy atom. The Bertz CT molecular complexity index is 435. The summed E-state index contributed by atoms with van der Waals surface area (Å²) in [7, 11) is 0. The lowest BCUT2D eigenvalue weighted by Gasteiger charge is -2.04. The van der Waals surface area contributed by atoms with Crippen LogP contribution in [0.1, 0.15) is 25.5 Å². The van der Waals surface area contributed by atoms with Gasteiger partial charge < -0.3 is 5.32 Å². The van der Waals surface area contributed by atoms with Crippen molar-refractivity contribution in [3.05, 3.63) is 36.7 Å². The van der Waals surface area contributed by atoms with Crippen molar-refractivity contribution in [2.24, 2.45) is 0 Å². The minimum Gasteiger partial charge on any atom is -0.378 e. The molecular weight excluding hydrogens is 202 g/mol. The van der Waals surface area contributed by atoms with Gasteiger partial charge in [-0.25, -0.2) is 9.97 Å². The van der Waals surface area contributed by atoms with E-state index >= 15 is 0 Å². The topological polar surface area (TPSA) is 55.6 Å². The third-order valence-corrected chi connectivity index (χ3v) is 2.24. The van der Waals surface area contributed by atoms with Crippen LogP contribution in [0.4, 0.5) is 5.69 Å². The van der Waals surface area contributed by atoms with Gasteiger partial charge >= 0.3 is 0 Å². The van der Waals surface area contributed by atoms with E-state index in [1.165, 1.54) is 6.33 Å². The number of nitrogens with one attached hydrogen (secondary N) is 1. The molecular formula is C11H15N5. The molecule has 0 spiro atoms. The second-order valence-electron chi connectivity index (χ2n) is 3.90. The fourth-order valence-corrected chi connectivity index (χ4v) is 1.34. The molecule has 2 heterocycles. The van der Waals surface area contributed by atoms with Crippen LogP contribution in [-0.2, 0) is 6.54 Å². The first kappa shape index (κ1) is 10.6. The molecule has 0 aromatic carbocycles. The van der Waals surface area contributed by atoms with Crippen LogP contribution in [0.5, 0.6) is 0 Å². The van der Waals surface area contributed by atoms with E-state index in [9.17, 15) is 0 Å². The summed E-state index contributed by atoms with van der Waals surface area (Å²) in [6, 6.07) is 0.385. The molecule has 5 nitrogen and oxygen atoms in total. The van der Waals surface area contributed by atoms with Gasteiger partial charge in [-0.1, -0.05) is 0 Å². The summed E-state index contributed by atoms with van der Waals surface area (Å²) < 4.78 is 1.92. The van der Waals surface area contributed by atoms with Gasteiger partial charge in [0.25, 0.3) is 0 Å². The molecule has 2 aromatic rings. The quantitative estimate of drug-likeness (QED) is 0.849. The van der Waals surface area contributed by atoms with Crippen molar-refractivity contribution in [3.8, 4) is 0 Å². The van der Waals surface area contributed by atoms with Gasteiger partial charge in [-0.3, -0.25) is 4.68 Å². The predicted octanol–water partition coefficient (Wildman–Crippen LogP) is 1.87. The predicted molar refractivity (Wildman–Crippen MR) is 62.0 cm³/mol. The Morgan fingerprint density at radius 1 is 1.25 bits per heavy atom. The highest BCUT2D eigenvalue weighted by molar-refractivity contribution is 5.38. The minimum atomic E-state index is 0.385. The monoisotopic (exact) mass is 217 g/mol. The summed E-state index contributed by atoms with van der Waals surface area (Å²) in [6.07, 6.45) is 8.94. The SMILES string of the molecule is CC(C)n1cc(NCc2cncnc2)cn1. The smallest absolute Gasteiger partial charge is 0.115 e. The Balaban J connectivity index is 1.95. The van der Waals surface area contributed by atoms with Crippen LogP contribution in [0.2, 0.25) is 0 Å². The van der Waals surface area contributed by atoms with Gasteiger partial charge in [-0.2, -0.15) is 5.10 Å². The molecule has 2 aromatic heterocycles. The van der Waals surface area contributed by atoms with Crippen LogP contribution in [0.3, 0.4) is 0 Å². The first-order valence-corrected chi connectivity index (χ1v) is 5.27. The largest absolute Gasteiger partial charge is 0.378 e. The Kier molecular flexibility index (Phi) is 3.14. The van der Waals surface area contributed by atoms with E-state index in [2.05, 4.69) is 34.2 Å². The van der Waals surface area contributed by atoms with Gasteiger partial charge in [0.05, 0.1) is 11.9 Å². The van der Waals surface area contributed by atoms with Gasteiger partial charge in [-0.15, -0.1) is 0 Å². The maximum atomic E-state index is 4.25. The molecule has 0 saturated carbocycles. The van der Waals surface area contributed by atoms with Crippen LogP contribution in [-0.4, -0.2) is 19.7 Å². The summed E-state index contributed by atoms with van der Waals surface area (Å²) in [5.41, 5.74) is 2.07. The zero-order valence-electron chi connectivity index (χ0n) is 9.46. The molecule has 0 atom stereocenters. The Labute approximate surface area is 94.5 Å². The molecule has 0 unspecified atom stereocenters. The number of anilines is 1. The summed E-state index contributed by atoms with van der Waals surface area (Å²) >= 11 is 0. The number of hydrogen-bond donors (Lipinski definition) is 1. The summed E-state index contributed by atoms with van der Waals surface area (Å²) in [5.74, 6) is 0. The molecule has 84 valence electrons. The van der Waals surface area contributed by atoms with E-state index < -0.39 is 0 Å². The van der Waals surface area contributed by atoms with Gasteiger partial charge in [0, 0.05) is 36.7 Å². The molecule has 1 N–H and O–H groups in total. The fourth-order valence-electron chi connectivity index (χ4n) is 1.34. The van der Waals surface area contributed by atoms with Crippen LogP contribution in [0.15, 0.2) is 31.1 Å². The molecule has 0 bridgehead atoms. The number of rotatable bonds is 4. The summed E-state index contributed by atoms with van der Waals surface area (Å²) in [4.78, 5) is 7.92. The van der Waals surface area contributed by atoms with E-state index in [0.29, 0.717) is 12.6 Å². The van der Waals surface area contributed by atoms with E-state index in [4.69, 9.17) is 0 Å². The Morgan fingerprint density at radius 3 is 2.62 bits per heavy atom. The van der Waals surface area contributed by atoms with Crippen molar-refractivity contribution in [2.75, 3.05) is 5.32 Å². The van der Waals surface area contributed by atoms with E-state index in [-0.39, 0.29) is 0 Å². The lowest BCUT2D eigenvalue weighted by atomic mass is 10.3. The maximum absolute atomic E-state index is 4.25. The lowest BCUT2D eigenvalue weighted by Crippen LogP contribution is -2.01. The zero-order chi connectivity index (χ0) is 11.4. The fraction of sp³-hybridized carbons (Fsp3) is 0.364.